The van der Waals surface area contributed by atoms with Crippen molar-refractivity contribution in [1.82, 2.24) is 15.2 Å². The highest BCUT2D eigenvalue weighted by Gasteiger charge is 2.24. The Balaban J connectivity index is 1.82. The number of nitrogens with one attached hydrogen (secondary N) is 1. The molecule has 3 heterocycles. The van der Waals surface area contributed by atoms with Crippen LogP contribution in [0.5, 0.6) is 5.88 Å². The number of rotatable bonds is 4. The average Bonchev–Trinajstić information content (AvgIpc) is 3.15. The van der Waals surface area contributed by atoms with E-state index in [1.54, 1.807) is 12.3 Å². The van der Waals surface area contributed by atoms with Crippen molar-refractivity contribution in [2.75, 3.05) is 32.2 Å². The zero-order valence-corrected chi connectivity index (χ0v) is 13.3. The summed E-state index contributed by atoms with van der Waals surface area (Å²) in [6, 6.07) is 5.56. The third-order valence-corrected chi connectivity index (χ3v) is 4.15. The fourth-order valence-electron chi connectivity index (χ4n) is 2.96. The number of H-pyrrole nitrogens is 1. The van der Waals surface area contributed by atoms with E-state index in [2.05, 4.69) is 20.1 Å². The van der Waals surface area contributed by atoms with E-state index < -0.39 is 5.97 Å². The predicted octanol–water partition coefficient (Wildman–Crippen LogP) is 1.98. The van der Waals surface area contributed by atoms with Crippen molar-refractivity contribution >= 4 is 11.8 Å². The Morgan fingerprint density at radius 1 is 1.35 bits per heavy atom. The molecule has 1 N–H and O–H groups in total. The highest BCUT2D eigenvalue weighted by atomic mass is 16.5. The highest BCUT2D eigenvalue weighted by Crippen LogP contribution is 2.29. The van der Waals surface area contributed by atoms with Crippen LogP contribution in [0.3, 0.4) is 0 Å². The van der Waals surface area contributed by atoms with Crippen molar-refractivity contribution in [3.05, 3.63) is 35.7 Å². The van der Waals surface area contributed by atoms with Crippen molar-refractivity contribution in [3.63, 3.8) is 0 Å². The molecule has 1 aliphatic rings. The third kappa shape index (κ3) is 3.13. The molecule has 0 bridgehead atoms. The van der Waals surface area contributed by atoms with Gasteiger partial charge >= 0.3 is 5.97 Å². The van der Waals surface area contributed by atoms with Crippen molar-refractivity contribution in [3.8, 4) is 5.88 Å². The number of carbonyl (C=O) groups is 1. The molecule has 0 amide bonds. The quantitative estimate of drug-likeness (QED) is 0.869. The summed E-state index contributed by atoms with van der Waals surface area (Å²) in [6.07, 6.45) is 3.98. The Hall–Kier alpha value is -2.57. The maximum atomic E-state index is 11.7. The molecule has 7 heteroatoms. The molecule has 1 saturated heterocycles. The first kappa shape index (κ1) is 15.3. The summed E-state index contributed by atoms with van der Waals surface area (Å²) in [4.78, 5) is 18.4. The number of aromatic nitrogens is 3. The number of aromatic amines is 1. The van der Waals surface area contributed by atoms with Gasteiger partial charge in [0.1, 0.15) is 11.4 Å². The SMILES string of the molecule is COC(=O)c1ccc(N2CCCC(c3ccn[nH]3)C2)nc1OC. The lowest BCUT2D eigenvalue weighted by Crippen LogP contribution is -2.35. The summed E-state index contributed by atoms with van der Waals surface area (Å²) in [5.41, 5.74) is 1.48. The van der Waals surface area contributed by atoms with Crippen LogP contribution in [0.1, 0.15) is 34.8 Å². The standard InChI is InChI=1S/C16H20N4O3/c1-22-15-12(16(21)23-2)5-6-14(18-15)20-9-3-4-11(10-20)13-7-8-17-19-13/h5-8,11H,3-4,9-10H2,1-2H3,(H,17,19). The van der Waals surface area contributed by atoms with E-state index in [4.69, 9.17) is 9.47 Å². The molecule has 7 nitrogen and oxygen atoms in total. The number of nitrogens with zero attached hydrogens (tertiary/aromatic N) is 3. The van der Waals surface area contributed by atoms with E-state index in [-0.39, 0.29) is 5.88 Å². The molecule has 1 aliphatic heterocycles. The number of methoxy groups -OCH3 is 2. The maximum absolute atomic E-state index is 11.7. The van der Waals surface area contributed by atoms with Gasteiger partial charge in [0.25, 0.3) is 0 Å². The molecule has 0 saturated carbocycles. The molecule has 2 aromatic heterocycles. The van der Waals surface area contributed by atoms with E-state index in [1.165, 1.54) is 14.2 Å². The normalized spacial score (nSPS) is 17.8. The lowest BCUT2D eigenvalue weighted by Gasteiger charge is -2.33. The molecule has 0 aromatic carbocycles. The minimum absolute atomic E-state index is 0.290. The summed E-state index contributed by atoms with van der Waals surface area (Å²) in [5.74, 6) is 1.05. The molecular weight excluding hydrogens is 296 g/mol. The van der Waals surface area contributed by atoms with E-state index >= 15 is 0 Å². The van der Waals surface area contributed by atoms with E-state index in [0.29, 0.717) is 11.5 Å². The fraction of sp³-hybridized carbons (Fsp3) is 0.438. The number of hydrogen-bond donors (Lipinski definition) is 1. The van der Waals surface area contributed by atoms with E-state index in [0.717, 1.165) is 37.4 Å². The van der Waals surface area contributed by atoms with Crippen LogP contribution in [0, 0.1) is 0 Å². The van der Waals surface area contributed by atoms with Crippen LogP contribution in [0.25, 0.3) is 0 Å². The van der Waals surface area contributed by atoms with Crippen molar-refractivity contribution in [2.45, 2.75) is 18.8 Å². The van der Waals surface area contributed by atoms with Gasteiger partial charge in [-0.2, -0.15) is 10.1 Å². The van der Waals surface area contributed by atoms with Crippen LogP contribution in [-0.4, -0.2) is 48.5 Å². The summed E-state index contributed by atoms with van der Waals surface area (Å²) < 4.78 is 9.99. The van der Waals surface area contributed by atoms with Crippen LogP contribution in [0.4, 0.5) is 5.82 Å². The predicted molar refractivity (Wildman–Crippen MR) is 84.9 cm³/mol. The van der Waals surface area contributed by atoms with Crippen molar-refractivity contribution < 1.29 is 14.3 Å². The molecule has 2 aromatic rings. The van der Waals surface area contributed by atoms with Gasteiger partial charge in [-0.1, -0.05) is 0 Å². The van der Waals surface area contributed by atoms with Gasteiger partial charge in [0.05, 0.1) is 14.2 Å². The lowest BCUT2D eigenvalue weighted by molar-refractivity contribution is 0.0596. The Morgan fingerprint density at radius 2 is 2.22 bits per heavy atom. The van der Waals surface area contributed by atoms with Gasteiger partial charge in [-0.3, -0.25) is 5.10 Å². The van der Waals surface area contributed by atoms with Crippen LogP contribution in [0.2, 0.25) is 0 Å². The minimum Gasteiger partial charge on any atom is -0.480 e. The fourth-order valence-corrected chi connectivity index (χ4v) is 2.96. The molecule has 23 heavy (non-hydrogen) atoms. The topological polar surface area (TPSA) is 80.3 Å². The van der Waals surface area contributed by atoms with Crippen LogP contribution < -0.4 is 9.64 Å². The second-order valence-corrected chi connectivity index (χ2v) is 5.52. The van der Waals surface area contributed by atoms with E-state index in [1.807, 2.05) is 12.1 Å². The summed E-state index contributed by atoms with van der Waals surface area (Å²) >= 11 is 0. The van der Waals surface area contributed by atoms with Gasteiger partial charge in [-0.05, 0) is 31.0 Å². The van der Waals surface area contributed by atoms with Crippen molar-refractivity contribution in [1.29, 1.82) is 0 Å². The summed E-state index contributed by atoms with van der Waals surface area (Å²) in [6.45, 7) is 1.79. The zero-order chi connectivity index (χ0) is 16.2. The first-order valence-corrected chi connectivity index (χ1v) is 7.60. The molecule has 1 unspecified atom stereocenters. The number of piperidine rings is 1. The number of carbonyl (C=O) groups excluding carboxylic acids is 1. The number of esters is 1. The van der Waals surface area contributed by atoms with Gasteiger partial charge in [-0.15, -0.1) is 0 Å². The van der Waals surface area contributed by atoms with Gasteiger partial charge in [0.2, 0.25) is 5.88 Å². The number of anilines is 1. The molecule has 0 spiro atoms. The van der Waals surface area contributed by atoms with Crippen LogP contribution in [-0.2, 0) is 4.74 Å². The second kappa shape index (κ2) is 6.68. The van der Waals surface area contributed by atoms with Gasteiger partial charge in [-0.25, -0.2) is 4.79 Å². The monoisotopic (exact) mass is 316 g/mol. The number of pyridine rings is 1. The molecule has 1 fully saturated rings. The molecular formula is C16H20N4O3. The third-order valence-electron chi connectivity index (χ3n) is 4.15. The lowest BCUT2D eigenvalue weighted by atomic mass is 9.95. The van der Waals surface area contributed by atoms with Gasteiger partial charge in [0, 0.05) is 30.9 Å². The Bertz CT molecular complexity index is 672. The summed E-state index contributed by atoms with van der Waals surface area (Å²) in [7, 11) is 2.84. The first-order chi connectivity index (χ1) is 11.2. The minimum atomic E-state index is -0.449. The number of hydrogen-bond acceptors (Lipinski definition) is 6. The Kier molecular flexibility index (Phi) is 4.45. The average molecular weight is 316 g/mol. The second-order valence-electron chi connectivity index (χ2n) is 5.52. The van der Waals surface area contributed by atoms with Crippen molar-refractivity contribution in [2.24, 2.45) is 0 Å². The first-order valence-electron chi connectivity index (χ1n) is 7.60. The zero-order valence-electron chi connectivity index (χ0n) is 13.3. The number of ether oxygens (including phenoxy) is 2. The Morgan fingerprint density at radius 3 is 2.91 bits per heavy atom. The maximum Gasteiger partial charge on any atom is 0.343 e. The molecule has 1 atom stereocenters. The van der Waals surface area contributed by atoms with E-state index in [9.17, 15) is 4.79 Å². The molecule has 122 valence electrons. The molecule has 0 aliphatic carbocycles. The molecule has 0 radical (unpaired) electrons. The summed E-state index contributed by atoms with van der Waals surface area (Å²) in [5, 5.41) is 7.08. The van der Waals surface area contributed by atoms with Gasteiger partial charge in [0.15, 0.2) is 0 Å². The molecule has 3 rings (SSSR count). The smallest absolute Gasteiger partial charge is 0.343 e. The highest BCUT2D eigenvalue weighted by molar-refractivity contribution is 5.92. The van der Waals surface area contributed by atoms with Crippen LogP contribution in [0.15, 0.2) is 24.4 Å². The van der Waals surface area contributed by atoms with Gasteiger partial charge < -0.3 is 14.4 Å². The largest absolute Gasteiger partial charge is 0.480 e. The van der Waals surface area contributed by atoms with Crippen LogP contribution >= 0.6 is 0 Å². The Labute approximate surface area is 134 Å².